The first-order valence-electron chi connectivity index (χ1n) is 5.86. The highest BCUT2D eigenvalue weighted by atomic mass is 79.9. The molecular formula is C12H17BrN2O2. The lowest BCUT2D eigenvalue weighted by molar-refractivity contribution is 0.0540. The molecule has 1 unspecified atom stereocenters. The minimum atomic E-state index is 0.0529. The van der Waals surface area contributed by atoms with Crippen LogP contribution >= 0.6 is 15.9 Å². The van der Waals surface area contributed by atoms with Gasteiger partial charge in [-0.3, -0.25) is 9.69 Å². The summed E-state index contributed by atoms with van der Waals surface area (Å²) in [6.07, 6.45) is 2.59. The van der Waals surface area contributed by atoms with Gasteiger partial charge in [0.2, 0.25) is 0 Å². The van der Waals surface area contributed by atoms with Gasteiger partial charge in [-0.15, -0.1) is 0 Å². The van der Waals surface area contributed by atoms with Crippen molar-refractivity contribution in [2.75, 3.05) is 26.7 Å². The number of halogens is 1. The van der Waals surface area contributed by atoms with Crippen LogP contribution in [-0.4, -0.2) is 48.4 Å². The van der Waals surface area contributed by atoms with Crippen molar-refractivity contribution in [3.8, 4) is 0 Å². The van der Waals surface area contributed by atoms with E-state index in [0.717, 1.165) is 26.1 Å². The number of carbonyl (C=O) groups excluding carboxylic acids is 1. The lowest BCUT2D eigenvalue weighted by atomic mass is 10.1. The molecule has 17 heavy (non-hydrogen) atoms. The van der Waals surface area contributed by atoms with E-state index >= 15 is 0 Å². The summed E-state index contributed by atoms with van der Waals surface area (Å²) in [6.45, 7) is 4.66. The van der Waals surface area contributed by atoms with E-state index in [4.69, 9.17) is 4.42 Å². The lowest BCUT2D eigenvalue weighted by Crippen LogP contribution is -2.52. The molecule has 2 rings (SSSR count). The summed E-state index contributed by atoms with van der Waals surface area (Å²) >= 11 is 3.25. The van der Waals surface area contributed by atoms with Gasteiger partial charge < -0.3 is 9.32 Å². The summed E-state index contributed by atoms with van der Waals surface area (Å²) in [5.74, 6) is 0.0529. The third kappa shape index (κ3) is 2.55. The highest BCUT2D eigenvalue weighted by Crippen LogP contribution is 2.21. The van der Waals surface area contributed by atoms with Crippen molar-refractivity contribution in [2.45, 2.75) is 19.4 Å². The molecule has 0 aliphatic carbocycles. The Morgan fingerprint density at radius 3 is 2.94 bits per heavy atom. The zero-order chi connectivity index (χ0) is 12.4. The third-order valence-corrected chi connectivity index (χ3v) is 4.00. The molecule has 1 aliphatic rings. The van der Waals surface area contributed by atoms with E-state index in [1.54, 1.807) is 6.07 Å². The molecule has 1 aromatic heterocycles. The molecule has 94 valence electrons. The van der Waals surface area contributed by atoms with Crippen LogP contribution in [0.15, 0.2) is 21.4 Å². The van der Waals surface area contributed by atoms with Crippen molar-refractivity contribution in [1.29, 1.82) is 0 Å². The molecule has 1 fully saturated rings. The van der Waals surface area contributed by atoms with Crippen molar-refractivity contribution < 1.29 is 9.21 Å². The van der Waals surface area contributed by atoms with E-state index in [9.17, 15) is 4.79 Å². The largest absolute Gasteiger partial charge is 0.457 e. The number of likely N-dealkylation sites (N-methyl/N-ethyl adjacent to an activating group) is 1. The Morgan fingerprint density at radius 1 is 1.59 bits per heavy atom. The van der Waals surface area contributed by atoms with Crippen LogP contribution in [0.25, 0.3) is 0 Å². The zero-order valence-electron chi connectivity index (χ0n) is 10.1. The van der Waals surface area contributed by atoms with E-state index < -0.39 is 0 Å². The highest BCUT2D eigenvalue weighted by Gasteiger charge is 2.28. The number of hydrogen-bond acceptors (Lipinski definition) is 3. The van der Waals surface area contributed by atoms with Crippen LogP contribution in [0.3, 0.4) is 0 Å². The molecule has 0 bridgehead atoms. The first kappa shape index (κ1) is 12.6. The second-order valence-corrected chi connectivity index (χ2v) is 5.12. The smallest absolute Gasteiger partial charge is 0.258 e. The average molecular weight is 301 g/mol. The topological polar surface area (TPSA) is 36.7 Å². The Morgan fingerprint density at radius 2 is 2.35 bits per heavy atom. The van der Waals surface area contributed by atoms with Crippen LogP contribution in [0.5, 0.6) is 0 Å². The summed E-state index contributed by atoms with van der Waals surface area (Å²) in [6, 6.07) is 2.17. The SMILES string of the molecule is CCC1CN(C(=O)c2ccoc2Br)CCN1C. The highest BCUT2D eigenvalue weighted by molar-refractivity contribution is 9.10. The molecule has 1 atom stereocenters. The van der Waals surface area contributed by atoms with Crippen molar-refractivity contribution in [3.05, 3.63) is 22.6 Å². The second kappa shape index (κ2) is 5.23. The Balaban J connectivity index is 2.09. The van der Waals surface area contributed by atoms with Gasteiger partial charge in [-0.2, -0.15) is 0 Å². The maximum absolute atomic E-state index is 12.3. The first-order valence-corrected chi connectivity index (χ1v) is 6.65. The van der Waals surface area contributed by atoms with Crippen LogP contribution in [0, 0.1) is 0 Å². The normalized spacial score (nSPS) is 21.8. The Kier molecular flexibility index (Phi) is 3.89. The predicted octanol–water partition coefficient (Wildman–Crippen LogP) is 2.21. The van der Waals surface area contributed by atoms with Gasteiger partial charge in [-0.25, -0.2) is 0 Å². The van der Waals surface area contributed by atoms with Gasteiger partial charge in [-0.05, 0) is 35.5 Å². The summed E-state index contributed by atoms with van der Waals surface area (Å²) in [7, 11) is 2.11. The van der Waals surface area contributed by atoms with E-state index in [-0.39, 0.29) is 5.91 Å². The van der Waals surface area contributed by atoms with Gasteiger partial charge >= 0.3 is 0 Å². The minimum Gasteiger partial charge on any atom is -0.457 e. The van der Waals surface area contributed by atoms with E-state index in [1.165, 1.54) is 6.26 Å². The molecule has 0 aromatic carbocycles. The molecule has 0 radical (unpaired) electrons. The summed E-state index contributed by atoms with van der Waals surface area (Å²) in [5, 5.41) is 0. The molecule has 1 amide bonds. The van der Waals surface area contributed by atoms with Crippen LogP contribution in [0.2, 0.25) is 0 Å². The van der Waals surface area contributed by atoms with E-state index in [1.807, 2.05) is 4.90 Å². The fraction of sp³-hybridized carbons (Fsp3) is 0.583. The summed E-state index contributed by atoms with van der Waals surface area (Å²) < 4.78 is 5.63. The molecule has 4 nitrogen and oxygen atoms in total. The lowest BCUT2D eigenvalue weighted by Gasteiger charge is -2.39. The fourth-order valence-electron chi connectivity index (χ4n) is 2.19. The van der Waals surface area contributed by atoms with E-state index in [0.29, 0.717) is 16.3 Å². The predicted molar refractivity (Wildman–Crippen MR) is 69.0 cm³/mol. The summed E-state index contributed by atoms with van der Waals surface area (Å²) in [5.41, 5.74) is 0.615. The first-order chi connectivity index (χ1) is 8.13. The molecule has 1 aliphatic heterocycles. The van der Waals surface area contributed by atoms with Crippen LogP contribution in [0.1, 0.15) is 23.7 Å². The molecular weight excluding hydrogens is 284 g/mol. The number of piperazine rings is 1. The fourth-order valence-corrected chi connectivity index (χ4v) is 2.60. The van der Waals surface area contributed by atoms with Gasteiger partial charge in [-0.1, -0.05) is 6.92 Å². The van der Waals surface area contributed by atoms with Gasteiger partial charge in [0.1, 0.15) is 0 Å². The third-order valence-electron chi connectivity index (χ3n) is 3.38. The maximum atomic E-state index is 12.3. The van der Waals surface area contributed by atoms with Crippen LogP contribution in [0.4, 0.5) is 0 Å². The van der Waals surface area contributed by atoms with Crippen LogP contribution in [-0.2, 0) is 0 Å². The Hall–Kier alpha value is -0.810. The minimum absolute atomic E-state index is 0.0529. The molecule has 1 saturated heterocycles. The molecule has 0 spiro atoms. The number of carbonyl (C=O) groups is 1. The van der Waals surface area contributed by atoms with Crippen molar-refractivity contribution in [2.24, 2.45) is 0 Å². The maximum Gasteiger partial charge on any atom is 0.258 e. The number of hydrogen-bond donors (Lipinski definition) is 0. The van der Waals surface area contributed by atoms with Gasteiger partial charge in [0, 0.05) is 25.7 Å². The molecule has 2 heterocycles. The van der Waals surface area contributed by atoms with Crippen molar-refractivity contribution >= 4 is 21.8 Å². The van der Waals surface area contributed by atoms with Crippen molar-refractivity contribution in [1.82, 2.24) is 9.80 Å². The second-order valence-electron chi connectivity index (χ2n) is 4.40. The summed E-state index contributed by atoms with van der Waals surface area (Å²) in [4.78, 5) is 16.5. The number of furan rings is 1. The molecule has 5 heteroatoms. The van der Waals surface area contributed by atoms with Crippen LogP contribution < -0.4 is 0 Å². The average Bonchev–Trinajstić information content (AvgIpc) is 2.75. The zero-order valence-corrected chi connectivity index (χ0v) is 11.7. The van der Waals surface area contributed by atoms with Gasteiger partial charge in [0.25, 0.3) is 5.91 Å². The standard InChI is InChI=1S/C12H17BrN2O2/c1-3-9-8-15(6-5-14(9)2)12(16)10-4-7-17-11(10)13/h4,7,9H,3,5-6,8H2,1-2H3. The molecule has 0 saturated carbocycles. The number of rotatable bonds is 2. The Bertz CT molecular complexity index is 405. The monoisotopic (exact) mass is 300 g/mol. The molecule has 0 N–H and O–H groups in total. The number of nitrogens with zero attached hydrogens (tertiary/aromatic N) is 2. The van der Waals surface area contributed by atoms with Gasteiger partial charge in [0.15, 0.2) is 4.67 Å². The van der Waals surface area contributed by atoms with Crippen molar-refractivity contribution in [3.63, 3.8) is 0 Å². The number of amides is 1. The molecule has 1 aromatic rings. The Labute approximate surface area is 110 Å². The van der Waals surface area contributed by atoms with Gasteiger partial charge in [0.05, 0.1) is 11.8 Å². The quantitative estimate of drug-likeness (QED) is 0.840. The van der Waals surface area contributed by atoms with E-state index in [2.05, 4.69) is 34.8 Å².